The summed E-state index contributed by atoms with van der Waals surface area (Å²) < 4.78 is 5.58. The molecule has 0 bridgehead atoms. The van der Waals surface area contributed by atoms with Crippen LogP contribution in [0.1, 0.15) is 41.6 Å². The van der Waals surface area contributed by atoms with Gasteiger partial charge in [-0.15, -0.1) is 0 Å². The Morgan fingerprint density at radius 3 is 2.78 bits per heavy atom. The number of ether oxygens (including phenoxy) is 1. The molecule has 6 nitrogen and oxygen atoms in total. The van der Waals surface area contributed by atoms with E-state index >= 15 is 0 Å². The highest BCUT2D eigenvalue weighted by Gasteiger charge is 2.27. The van der Waals surface area contributed by atoms with E-state index in [1.54, 1.807) is 12.1 Å². The Bertz CT molecular complexity index is 946. The third-order valence-corrected chi connectivity index (χ3v) is 6.35. The number of halogens is 1. The number of amides is 2. The monoisotopic (exact) mass is 455 g/mol. The normalized spacial score (nSPS) is 21.3. The summed E-state index contributed by atoms with van der Waals surface area (Å²) in [7, 11) is 0. The number of carbonyl (C=O) groups excluding carboxylic acids is 2. The smallest absolute Gasteiger partial charge is 0.253 e. The predicted molar refractivity (Wildman–Crippen MR) is 126 cm³/mol. The van der Waals surface area contributed by atoms with E-state index in [9.17, 15) is 9.59 Å². The summed E-state index contributed by atoms with van der Waals surface area (Å²) in [5.41, 5.74) is 2.17. The fraction of sp³-hybridized carbons (Fsp3) is 0.440. The van der Waals surface area contributed by atoms with Crippen LogP contribution in [0.2, 0.25) is 5.02 Å². The van der Waals surface area contributed by atoms with Crippen molar-refractivity contribution in [2.75, 3.05) is 31.6 Å². The Balaban J connectivity index is 1.35. The van der Waals surface area contributed by atoms with Crippen LogP contribution in [0.5, 0.6) is 0 Å². The van der Waals surface area contributed by atoms with Gasteiger partial charge in [-0.25, -0.2) is 0 Å². The lowest BCUT2D eigenvalue weighted by atomic mass is 9.96. The number of hydrogen-bond donors (Lipinski definition) is 2. The third kappa shape index (κ3) is 6.09. The van der Waals surface area contributed by atoms with E-state index in [4.69, 9.17) is 16.3 Å². The number of likely N-dealkylation sites (tertiary alicyclic amines) is 1. The number of carbonyl (C=O) groups is 2. The lowest BCUT2D eigenvalue weighted by Gasteiger charge is -2.32. The van der Waals surface area contributed by atoms with Gasteiger partial charge in [0.15, 0.2) is 0 Å². The molecule has 2 heterocycles. The van der Waals surface area contributed by atoms with Gasteiger partial charge in [-0.05, 0) is 62.1 Å². The molecule has 7 heteroatoms. The molecule has 2 saturated heterocycles. The minimum Gasteiger partial charge on any atom is -0.376 e. The van der Waals surface area contributed by atoms with Gasteiger partial charge in [0.05, 0.1) is 23.3 Å². The number of nitrogens with zero attached hydrogens (tertiary/aromatic N) is 1. The Morgan fingerprint density at radius 1 is 1.09 bits per heavy atom. The second-order valence-corrected chi connectivity index (χ2v) is 9.02. The molecule has 0 saturated carbocycles. The van der Waals surface area contributed by atoms with Gasteiger partial charge in [-0.3, -0.25) is 14.5 Å². The van der Waals surface area contributed by atoms with Crippen molar-refractivity contribution in [3.63, 3.8) is 0 Å². The van der Waals surface area contributed by atoms with Crippen LogP contribution in [0.4, 0.5) is 5.69 Å². The quantitative estimate of drug-likeness (QED) is 0.659. The number of nitrogens with one attached hydrogen (secondary N) is 2. The summed E-state index contributed by atoms with van der Waals surface area (Å²) in [5.74, 6) is -0.353. The SMILES string of the molecule is O=C(NCC1CCCO1)c1ccccc1NC(=O)C1CCCN(Cc2cccc(Cl)c2)C1. The number of rotatable bonds is 7. The van der Waals surface area contributed by atoms with Gasteiger partial charge in [0, 0.05) is 31.3 Å². The van der Waals surface area contributed by atoms with Gasteiger partial charge in [-0.1, -0.05) is 35.9 Å². The topological polar surface area (TPSA) is 70.7 Å². The maximum Gasteiger partial charge on any atom is 0.253 e. The molecule has 2 fully saturated rings. The standard InChI is InChI=1S/C25H30ClN3O3/c26-20-8-3-6-18(14-20)16-29-12-4-7-19(17-29)24(30)28-23-11-2-1-10-22(23)25(31)27-15-21-9-5-13-32-21/h1-3,6,8,10-11,14,19,21H,4-5,7,9,12-13,15-17H2,(H,27,31)(H,28,30). The second kappa shape index (κ2) is 10.9. The fourth-order valence-electron chi connectivity index (χ4n) is 4.44. The van der Waals surface area contributed by atoms with Crippen molar-refractivity contribution in [1.29, 1.82) is 0 Å². The van der Waals surface area contributed by atoms with Crippen LogP contribution >= 0.6 is 11.6 Å². The van der Waals surface area contributed by atoms with E-state index in [1.165, 1.54) is 0 Å². The molecule has 4 rings (SSSR count). The van der Waals surface area contributed by atoms with E-state index < -0.39 is 0 Å². The summed E-state index contributed by atoms with van der Waals surface area (Å²) >= 11 is 6.11. The van der Waals surface area contributed by atoms with Crippen molar-refractivity contribution in [2.24, 2.45) is 5.92 Å². The first kappa shape index (κ1) is 22.8. The van der Waals surface area contributed by atoms with Crippen LogP contribution in [-0.4, -0.2) is 49.1 Å². The molecule has 2 amide bonds. The number of hydrogen-bond acceptors (Lipinski definition) is 4. The average molecular weight is 456 g/mol. The van der Waals surface area contributed by atoms with Crippen LogP contribution in [0.25, 0.3) is 0 Å². The predicted octanol–water partition coefficient (Wildman–Crippen LogP) is 4.10. The van der Waals surface area contributed by atoms with Gasteiger partial charge < -0.3 is 15.4 Å². The molecular weight excluding hydrogens is 426 g/mol. The number of benzene rings is 2. The molecule has 0 radical (unpaired) electrons. The number of anilines is 1. The van der Waals surface area contributed by atoms with Gasteiger partial charge in [-0.2, -0.15) is 0 Å². The Kier molecular flexibility index (Phi) is 7.79. The van der Waals surface area contributed by atoms with Crippen LogP contribution in [-0.2, 0) is 16.1 Å². The van der Waals surface area contributed by atoms with Gasteiger partial charge in [0.1, 0.15) is 0 Å². The molecule has 32 heavy (non-hydrogen) atoms. The molecule has 2 aromatic rings. The molecule has 2 aliphatic rings. The highest BCUT2D eigenvalue weighted by atomic mass is 35.5. The first-order valence-corrected chi connectivity index (χ1v) is 11.7. The maximum absolute atomic E-state index is 13.1. The van der Waals surface area contributed by atoms with Crippen molar-refractivity contribution in [1.82, 2.24) is 10.2 Å². The Hall–Kier alpha value is -2.41. The van der Waals surface area contributed by atoms with Crippen molar-refractivity contribution in [2.45, 2.75) is 38.3 Å². The summed E-state index contributed by atoms with van der Waals surface area (Å²) in [6, 6.07) is 15.0. The molecule has 0 aromatic heterocycles. The maximum atomic E-state index is 13.1. The molecule has 2 unspecified atom stereocenters. The Morgan fingerprint density at radius 2 is 1.97 bits per heavy atom. The number of piperidine rings is 1. The first-order chi connectivity index (χ1) is 15.6. The van der Waals surface area contributed by atoms with E-state index in [1.807, 2.05) is 30.3 Å². The van der Waals surface area contributed by atoms with Crippen molar-refractivity contribution in [3.05, 3.63) is 64.7 Å². The molecule has 170 valence electrons. The lowest BCUT2D eigenvalue weighted by molar-refractivity contribution is -0.121. The Labute approximate surface area is 194 Å². The van der Waals surface area contributed by atoms with E-state index in [2.05, 4.69) is 21.6 Å². The van der Waals surface area contributed by atoms with Crippen LogP contribution in [0, 0.1) is 5.92 Å². The average Bonchev–Trinajstić information content (AvgIpc) is 3.32. The zero-order chi connectivity index (χ0) is 22.3. The van der Waals surface area contributed by atoms with E-state index in [0.29, 0.717) is 24.3 Å². The summed E-state index contributed by atoms with van der Waals surface area (Å²) in [4.78, 5) is 28.1. The van der Waals surface area contributed by atoms with E-state index in [0.717, 1.165) is 56.0 Å². The van der Waals surface area contributed by atoms with Gasteiger partial charge >= 0.3 is 0 Å². The van der Waals surface area contributed by atoms with Crippen LogP contribution in [0.3, 0.4) is 0 Å². The molecule has 0 spiro atoms. The summed E-state index contributed by atoms with van der Waals surface area (Å²) in [6.07, 6.45) is 3.87. The minimum absolute atomic E-state index is 0.0415. The second-order valence-electron chi connectivity index (χ2n) is 8.58. The molecule has 2 aromatic carbocycles. The first-order valence-electron chi connectivity index (χ1n) is 11.3. The van der Waals surface area contributed by atoms with Gasteiger partial charge in [0.2, 0.25) is 5.91 Å². The third-order valence-electron chi connectivity index (χ3n) is 6.12. The zero-order valence-electron chi connectivity index (χ0n) is 18.2. The summed E-state index contributed by atoms with van der Waals surface area (Å²) in [6.45, 7) is 3.65. The van der Waals surface area contributed by atoms with Crippen molar-refractivity contribution in [3.8, 4) is 0 Å². The lowest BCUT2D eigenvalue weighted by Crippen LogP contribution is -2.40. The molecule has 2 aliphatic heterocycles. The highest BCUT2D eigenvalue weighted by Crippen LogP contribution is 2.23. The van der Waals surface area contributed by atoms with E-state index in [-0.39, 0.29) is 23.8 Å². The van der Waals surface area contributed by atoms with Crippen LogP contribution in [0.15, 0.2) is 48.5 Å². The molecule has 2 atom stereocenters. The van der Waals surface area contributed by atoms with Crippen molar-refractivity contribution < 1.29 is 14.3 Å². The number of para-hydroxylation sites is 1. The molecule has 0 aliphatic carbocycles. The summed E-state index contributed by atoms with van der Waals surface area (Å²) in [5, 5.41) is 6.67. The van der Waals surface area contributed by atoms with Crippen LogP contribution < -0.4 is 10.6 Å². The zero-order valence-corrected chi connectivity index (χ0v) is 18.9. The van der Waals surface area contributed by atoms with Crippen molar-refractivity contribution >= 4 is 29.1 Å². The highest BCUT2D eigenvalue weighted by molar-refractivity contribution is 6.30. The molecule has 2 N–H and O–H groups in total. The van der Waals surface area contributed by atoms with Gasteiger partial charge in [0.25, 0.3) is 5.91 Å². The minimum atomic E-state index is -0.192. The fourth-order valence-corrected chi connectivity index (χ4v) is 4.65. The molecular formula is C25H30ClN3O3. The largest absolute Gasteiger partial charge is 0.376 e.